The van der Waals surface area contributed by atoms with Crippen LogP contribution in [0.2, 0.25) is 0 Å². The number of hydrogen-bond donors (Lipinski definition) is 1. The summed E-state index contributed by atoms with van der Waals surface area (Å²) in [5.41, 5.74) is 0. The molecule has 0 aliphatic heterocycles. The SMILES string of the molecule is CC(I)C(=O)O.[RbH]. The van der Waals surface area contributed by atoms with Crippen molar-refractivity contribution in [3.63, 3.8) is 0 Å². The Labute approximate surface area is 105 Å². The van der Waals surface area contributed by atoms with Crippen molar-refractivity contribution in [2.24, 2.45) is 0 Å². The first-order valence-corrected chi connectivity index (χ1v) is 2.76. The molecule has 0 aromatic carbocycles. The molecule has 0 aliphatic rings. The van der Waals surface area contributed by atoms with Crippen LogP contribution in [0.25, 0.3) is 0 Å². The fraction of sp³-hybridized carbons (Fsp3) is 0.667. The van der Waals surface area contributed by atoms with Gasteiger partial charge in [-0.3, -0.25) is 4.79 Å². The van der Waals surface area contributed by atoms with Gasteiger partial charge in [-0.15, -0.1) is 0 Å². The predicted molar refractivity (Wildman–Crippen MR) is 38.3 cm³/mol. The van der Waals surface area contributed by atoms with Crippen LogP contribution in [0.3, 0.4) is 0 Å². The Morgan fingerprint density at radius 1 is 1.86 bits per heavy atom. The van der Waals surface area contributed by atoms with E-state index >= 15 is 0 Å². The second kappa shape index (κ2) is 6.13. The third-order valence-corrected chi connectivity index (χ3v) is 0.873. The maximum absolute atomic E-state index is 9.69. The van der Waals surface area contributed by atoms with Crippen molar-refractivity contribution in [2.45, 2.75) is 10.8 Å². The van der Waals surface area contributed by atoms with Gasteiger partial charge in [0.05, 0.1) is 0 Å². The average Bonchev–Trinajstić information content (AvgIpc) is 1.36. The molecule has 0 amide bonds. The van der Waals surface area contributed by atoms with Gasteiger partial charge in [-0.2, -0.15) is 0 Å². The molecular formula is C3H6IO2Rb. The molecule has 0 spiro atoms. The molecule has 1 atom stereocenters. The molecule has 0 bridgehead atoms. The summed E-state index contributed by atoms with van der Waals surface area (Å²) in [6.07, 6.45) is 0. The second-order valence-electron chi connectivity index (χ2n) is 0.954. The van der Waals surface area contributed by atoms with Gasteiger partial charge in [-0.05, 0) is 6.92 Å². The van der Waals surface area contributed by atoms with E-state index in [1.165, 1.54) is 0 Å². The molecule has 4 heteroatoms. The molecule has 0 heterocycles. The van der Waals surface area contributed by atoms with E-state index in [0.717, 1.165) is 0 Å². The van der Waals surface area contributed by atoms with E-state index in [4.69, 9.17) is 5.11 Å². The fourth-order valence-corrected chi connectivity index (χ4v) is 0. The normalized spacial score (nSPS) is 11.7. The van der Waals surface area contributed by atoms with Crippen molar-refractivity contribution in [3.05, 3.63) is 0 Å². The van der Waals surface area contributed by atoms with Gasteiger partial charge in [0.15, 0.2) is 0 Å². The van der Waals surface area contributed by atoms with E-state index in [1.807, 2.05) is 22.6 Å². The van der Waals surface area contributed by atoms with Gasteiger partial charge < -0.3 is 5.11 Å². The summed E-state index contributed by atoms with van der Waals surface area (Å²) in [7, 11) is 0. The monoisotopic (exact) mass is 286 g/mol. The van der Waals surface area contributed by atoms with E-state index in [2.05, 4.69) is 0 Å². The molecule has 0 aromatic rings. The van der Waals surface area contributed by atoms with E-state index in [-0.39, 0.29) is 62.1 Å². The van der Waals surface area contributed by atoms with Gasteiger partial charge >= 0.3 is 64.2 Å². The molecule has 0 rings (SSSR count). The molecular weight excluding hydrogens is 280 g/mol. The number of carbonyl (C=O) groups is 1. The van der Waals surface area contributed by atoms with Crippen LogP contribution in [-0.2, 0) is 4.79 Å². The first-order chi connectivity index (χ1) is 2.64. The average molecular weight is 286 g/mol. The molecule has 0 aliphatic carbocycles. The van der Waals surface area contributed by atoms with Crippen molar-refractivity contribution in [1.82, 2.24) is 0 Å². The Morgan fingerprint density at radius 3 is 2.00 bits per heavy atom. The second-order valence-corrected chi connectivity index (χ2v) is 2.82. The number of alkyl halides is 1. The van der Waals surface area contributed by atoms with Crippen molar-refractivity contribution >= 4 is 86.7 Å². The molecule has 0 saturated carbocycles. The predicted octanol–water partition coefficient (Wildman–Crippen LogP) is 0.246. The number of carboxylic acid groups (broad SMARTS) is 1. The van der Waals surface area contributed by atoms with Crippen LogP contribution in [0.1, 0.15) is 6.92 Å². The Hall–Kier alpha value is 2.01. The van der Waals surface area contributed by atoms with Crippen molar-refractivity contribution in [2.75, 3.05) is 0 Å². The fourth-order valence-electron chi connectivity index (χ4n) is 0. The Kier molecular flexibility index (Phi) is 10.3. The quantitative estimate of drug-likeness (QED) is 0.554. The summed E-state index contributed by atoms with van der Waals surface area (Å²) < 4.78 is -0.261. The van der Waals surface area contributed by atoms with E-state index in [0.29, 0.717) is 0 Å². The van der Waals surface area contributed by atoms with Crippen LogP contribution in [0.5, 0.6) is 0 Å². The Balaban J connectivity index is 0. The summed E-state index contributed by atoms with van der Waals surface area (Å²) >= 11 is 1.83. The van der Waals surface area contributed by atoms with Crippen LogP contribution < -0.4 is 0 Å². The number of halogens is 1. The summed E-state index contributed by atoms with van der Waals surface area (Å²) in [5, 5.41) is 7.98. The third-order valence-electron chi connectivity index (χ3n) is 0.340. The number of hydrogen-bond acceptors (Lipinski definition) is 1. The molecule has 0 fully saturated rings. The van der Waals surface area contributed by atoms with Crippen LogP contribution in [-0.4, -0.2) is 73.2 Å². The molecule has 1 N–H and O–H groups in total. The Morgan fingerprint density at radius 2 is 2.00 bits per heavy atom. The van der Waals surface area contributed by atoms with Crippen molar-refractivity contribution in [1.29, 1.82) is 0 Å². The third kappa shape index (κ3) is 8.01. The minimum atomic E-state index is -0.754. The standard InChI is InChI=1S/C3H5IO2.Rb.H/c1-2(4)3(5)6;;/h2H,1H3,(H,5,6);;. The van der Waals surface area contributed by atoms with Gasteiger partial charge in [-0.25, -0.2) is 0 Å². The van der Waals surface area contributed by atoms with Crippen molar-refractivity contribution in [3.8, 4) is 0 Å². The zero-order valence-electron chi connectivity index (χ0n) is 3.31. The molecule has 0 radical (unpaired) electrons. The molecule has 1 unspecified atom stereocenters. The van der Waals surface area contributed by atoms with Gasteiger partial charge in [0.2, 0.25) is 0 Å². The van der Waals surface area contributed by atoms with Crippen LogP contribution in [0.15, 0.2) is 0 Å². The van der Waals surface area contributed by atoms with Gasteiger partial charge in [0.25, 0.3) is 0 Å². The Bertz CT molecular complexity index is 64.0. The van der Waals surface area contributed by atoms with Crippen LogP contribution in [0.4, 0.5) is 0 Å². The van der Waals surface area contributed by atoms with Gasteiger partial charge in [0, 0.05) is 0 Å². The summed E-state index contributed by atoms with van der Waals surface area (Å²) in [4.78, 5) is 9.69. The first kappa shape index (κ1) is 11.8. The zero-order valence-corrected chi connectivity index (χ0v) is 5.47. The van der Waals surface area contributed by atoms with E-state index < -0.39 is 5.97 Å². The summed E-state index contributed by atoms with van der Waals surface area (Å²) in [6.45, 7) is 1.63. The summed E-state index contributed by atoms with van der Waals surface area (Å²) in [6, 6.07) is 0. The molecule has 38 valence electrons. The zero-order chi connectivity index (χ0) is 5.15. The topological polar surface area (TPSA) is 37.3 Å². The maximum atomic E-state index is 9.69. The molecule has 2 nitrogen and oxygen atoms in total. The van der Waals surface area contributed by atoms with Gasteiger partial charge in [-0.1, -0.05) is 22.6 Å². The number of rotatable bonds is 1. The molecule has 0 saturated heterocycles. The van der Waals surface area contributed by atoms with Gasteiger partial charge in [0.1, 0.15) is 3.92 Å². The summed E-state index contributed by atoms with van der Waals surface area (Å²) in [5.74, 6) is -0.754. The first-order valence-electron chi connectivity index (χ1n) is 1.51. The van der Waals surface area contributed by atoms with Crippen LogP contribution >= 0.6 is 22.6 Å². The number of aliphatic carboxylic acids is 1. The minimum absolute atomic E-state index is 0. The van der Waals surface area contributed by atoms with Crippen LogP contribution in [0, 0.1) is 0 Å². The molecule has 7 heavy (non-hydrogen) atoms. The van der Waals surface area contributed by atoms with Crippen molar-refractivity contribution < 1.29 is 9.90 Å². The number of carboxylic acids is 1. The van der Waals surface area contributed by atoms with E-state index in [9.17, 15) is 4.79 Å². The molecule has 0 aromatic heterocycles. The van der Waals surface area contributed by atoms with E-state index in [1.54, 1.807) is 6.92 Å².